The third-order valence-corrected chi connectivity index (χ3v) is 7.17. The zero-order valence-corrected chi connectivity index (χ0v) is 17.3. The number of ether oxygens (including phenoxy) is 2. The summed E-state index contributed by atoms with van der Waals surface area (Å²) in [7, 11) is 1.41. The molecule has 1 saturated carbocycles. The molecule has 0 aromatic heterocycles. The number of piperidine rings is 1. The molecule has 2 saturated heterocycles. The van der Waals surface area contributed by atoms with Crippen molar-refractivity contribution in [3.05, 3.63) is 35.4 Å². The number of hydrogen-bond donors (Lipinski definition) is 1. The van der Waals surface area contributed by atoms with E-state index in [1.807, 2.05) is 12.1 Å². The zero-order valence-electron chi connectivity index (χ0n) is 17.3. The highest BCUT2D eigenvalue weighted by Crippen LogP contribution is 2.47. The summed E-state index contributed by atoms with van der Waals surface area (Å²) in [6.45, 7) is 4.70. The number of hydrogen-bond acceptors (Lipinski definition) is 5. The topological polar surface area (TPSA) is 76.1 Å². The first-order valence-electron chi connectivity index (χ1n) is 10.7. The van der Waals surface area contributed by atoms with Gasteiger partial charge in [-0.25, -0.2) is 9.59 Å². The van der Waals surface area contributed by atoms with E-state index < -0.39 is 11.6 Å². The van der Waals surface area contributed by atoms with E-state index in [0.29, 0.717) is 36.5 Å². The Kier molecular flexibility index (Phi) is 5.67. The van der Waals surface area contributed by atoms with Crippen LogP contribution in [0.15, 0.2) is 24.3 Å². The fraction of sp³-hybridized carbons (Fsp3) is 0.652. The molecule has 1 aliphatic carbocycles. The van der Waals surface area contributed by atoms with Crippen molar-refractivity contribution in [3.8, 4) is 0 Å². The lowest BCUT2D eigenvalue weighted by Crippen LogP contribution is -2.55. The second-order valence-corrected chi connectivity index (χ2v) is 8.96. The van der Waals surface area contributed by atoms with E-state index in [9.17, 15) is 14.7 Å². The van der Waals surface area contributed by atoms with Crippen LogP contribution in [0.5, 0.6) is 0 Å². The molecule has 2 heterocycles. The first kappa shape index (κ1) is 20.4. The second-order valence-electron chi connectivity index (χ2n) is 8.96. The van der Waals surface area contributed by atoms with Gasteiger partial charge < -0.3 is 14.6 Å². The summed E-state index contributed by atoms with van der Waals surface area (Å²) in [6.07, 6.45) is 4.48. The first-order valence-corrected chi connectivity index (χ1v) is 10.7. The highest BCUT2D eigenvalue weighted by molar-refractivity contribution is 5.89. The van der Waals surface area contributed by atoms with Crippen LogP contribution < -0.4 is 0 Å². The summed E-state index contributed by atoms with van der Waals surface area (Å²) in [6, 6.07) is 8.08. The molecule has 6 nitrogen and oxygen atoms in total. The summed E-state index contributed by atoms with van der Waals surface area (Å²) in [4.78, 5) is 26.1. The van der Waals surface area contributed by atoms with Crippen LogP contribution in [0.3, 0.4) is 0 Å². The fourth-order valence-electron chi connectivity index (χ4n) is 5.30. The number of aliphatic carboxylic acids is 1. The Morgan fingerprint density at radius 2 is 2.03 bits per heavy atom. The van der Waals surface area contributed by atoms with Gasteiger partial charge in [0.05, 0.1) is 19.3 Å². The average molecular weight is 402 g/mol. The monoisotopic (exact) mass is 401 g/mol. The number of carboxylic acids is 1. The largest absolute Gasteiger partial charge is 0.479 e. The molecule has 4 atom stereocenters. The molecule has 0 radical (unpaired) electrons. The minimum absolute atomic E-state index is 0.202. The van der Waals surface area contributed by atoms with Crippen molar-refractivity contribution in [3.63, 3.8) is 0 Å². The van der Waals surface area contributed by atoms with Crippen LogP contribution in [-0.2, 0) is 14.3 Å². The molecule has 3 fully saturated rings. The van der Waals surface area contributed by atoms with E-state index in [-0.39, 0.29) is 11.9 Å². The number of rotatable bonds is 5. The Morgan fingerprint density at radius 3 is 2.62 bits per heavy atom. The van der Waals surface area contributed by atoms with Crippen LogP contribution >= 0.6 is 0 Å². The Hall–Kier alpha value is -1.92. The molecule has 6 heteroatoms. The number of benzene rings is 1. The Balaban J connectivity index is 1.37. The van der Waals surface area contributed by atoms with Crippen LogP contribution in [0.2, 0.25) is 0 Å². The highest BCUT2D eigenvalue weighted by Gasteiger charge is 2.54. The van der Waals surface area contributed by atoms with Gasteiger partial charge in [0.25, 0.3) is 0 Å². The fourth-order valence-corrected chi connectivity index (χ4v) is 5.30. The number of methoxy groups -OCH3 is 1. The van der Waals surface area contributed by atoms with Gasteiger partial charge in [-0.15, -0.1) is 0 Å². The maximum atomic E-state index is 11.9. The lowest BCUT2D eigenvalue weighted by molar-refractivity contribution is -0.183. The predicted octanol–water partition coefficient (Wildman–Crippen LogP) is 3.31. The molecule has 4 rings (SSSR count). The standard InChI is InChI=1S/C23H31NO5/c1-15-13-24(19-8-10-23(22(26)27,29-14-19)18-6-7-18)11-9-20(15)16-4-3-5-17(12-16)21(25)28-2/h3-5,12,15,18-20H,6-11,13-14H2,1-2H3,(H,26,27)/t15-,19+,20-,23-/m0/s1. The SMILES string of the molecule is COC(=O)c1cccc([C@H]2CCN([C@@H]3CC[C@@](C(=O)O)(C4CC4)OC3)C[C@@H]2C)c1. The quantitative estimate of drug-likeness (QED) is 0.763. The van der Waals surface area contributed by atoms with Gasteiger partial charge in [-0.1, -0.05) is 19.1 Å². The Morgan fingerprint density at radius 1 is 1.24 bits per heavy atom. The van der Waals surface area contributed by atoms with Crippen molar-refractivity contribution in [2.24, 2.45) is 11.8 Å². The number of nitrogens with zero attached hydrogens (tertiary/aromatic N) is 1. The molecule has 1 aromatic carbocycles. The molecule has 158 valence electrons. The molecule has 0 bridgehead atoms. The highest BCUT2D eigenvalue weighted by atomic mass is 16.5. The van der Waals surface area contributed by atoms with Crippen LogP contribution in [0, 0.1) is 11.8 Å². The number of esters is 1. The average Bonchev–Trinajstić information content (AvgIpc) is 3.59. The van der Waals surface area contributed by atoms with Gasteiger partial charge in [-0.3, -0.25) is 4.90 Å². The minimum Gasteiger partial charge on any atom is -0.479 e. The molecule has 29 heavy (non-hydrogen) atoms. The maximum absolute atomic E-state index is 11.9. The Bertz CT molecular complexity index is 766. The molecule has 0 spiro atoms. The van der Waals surface area contributed by atoms with Gasteiger partial charge in [-0.05, 0) is 74.1 Å². The zero-order chi connectivity index (χ0) is 20.6. The van der Waals surface area contributed by atoms with Gasteiger partial charge >= 0.3 is 11.9 Å². The van der Waals surface area contributed by atoms with Crippen molar-refractivity contribution in [1.29, 1.82) is 0 Å². The van der Waals surface area contributed by atoms with Crippen LogP contribution in [0.1, 0.15) is 60.9 Å². The van der Waals surface area contributed by atoms with Crippen molar-refractivity contribution in [2.45, 2.75) is 56.6 Å². The molecule has 1 aromatic rings. The van der Waals surface area contributed by atoms with Crippen LogP contribution in [0.4, 0.5) is 0 Å². The van der Waals surface area contributed by atoms with Gasteiger partial charge in [0.15, 0.2) is 5.60 Å². The summed E-state index contributed by atoms with van der Waals surface area (Å²) in [5.41, 5.74) is 0.860. The third-order valence-electron chi connectivity index (χ3n) is 7.17. The maximum Gasteiger partial charge on any atom is 0.337 e. The molecular weight excluding hydrogens is 370 g/mol. The number of carboxylic acid groups (broad SMARTS) is 1. The van der Waals surface area contributed by atoms with E-state index in [1.54, 1.807) is 6.07 Å². The molecule has 0 unspecified atom stereocenters. The first-order chi connectivity index (χ1) is 13.9. The normalized spacial score (nSPS) is 33.2. The summed E-state index contributed by atoms with van der Waals surface area (Å²) >= 11 is 0. The molecule has 3 aliphatic rings. The number of carbonyl (C=O) groups excluding carboxylic acids is 1. The van der Waals surface area contributed by atoms with Crippen LogP contribution in [0.25, 0.3) is 0 Å². The van der Waals surface area contributed by atoms with Gasteiger partial charge in [-0.2, -0.15) is 0 Å². The molecule has 2 aliphatic heterocycles. The lowest BCUT2D eigenvalue weighted by atomic mass is 9.80. The summed E-state index contributed by atoms with van der Waals surface area (Å²) in [5, 5.41) is 9.71. The minimum atomic E-state index is -0.936. The van der Waals surface area contributed by atoms with E-state index in [2.05, 4.69) is 17.9 Å². The second kappa shape index (κ2) is 8.07. The third kappa shape index (κ3) is 3.92. The van der Waals surface area contributed by atoms with E-state index in [4.69, 9.17) is 9.47 Å². The van der Waals surface area contributed by atoms with Crippen molar-refractivity contribution in [2.75, 3.05) is 26.8 Å². The van der Waals surface area contributed by atoms with Crippen molar-refractivity contribution >= 4 is 11.9 Å². The number of carbonyl (C=O) groups is 2. The van der Waals surface area contributed by atoms with Crippen molar-refractivity contribution in [1.82, 2.24) is 4.90 Å². The number of likely N-dealkylation sites (tertiary alicyclic amines) is 1. The predicted molar refractivity (Wildman–Crippen MR) is 108 cm³/mol. The van der Waals surface area contributed by atoms with Crippen LogP contribution in [-0.4, -0.2) is 60.4 Å². The summed E-state index contributed by atoms with van der Waals surface area (Å²) in [5.74, 6) is -0.0197. The lowest BCUT2D eigenvalue weighted by Gasteiger charge is -2.45. The summed E-state index contributed by atoms with van der Waals surface area (Å²) < 4.78 is 10.9. The Labute approximate surface area is 172 Å². The van der Waals surface area contributed by atoms with Gasteiger partial charge in [0.2, 0.25) is 0 Å². The van der Waals surface area contributed by atoms with Gasteiger partial charge in [0, 0.05) is 12.6 Å². The molecular formula is C23H31NO5. The van der Waals surface area contributed by atoms with E-state index in [0.717, 1.165) is 38.8 Å². The van der Waals surface area contributed by atoms with Gasteiger partial charge in [0.1, 0.15) is 0 Å². The smallest absolute Gasteiger partial charge is 0.337 e. The molecule has 0 amide bonds. The van der Waals surface area contributed by atoms with E-state index in [1.165, 1.54) is 12.7 Å². The van der Waals surface area contributed by atoms with E-state index >= 15 is 0 Å². The van der Waals surface area contributed by atoms with Crippen molar-refractivity contribution < 1.29 is 24.2 Å². The molecule has 1 N–H and O–H groups in total.